The van der Waals surface area contributed by atoms with E-state index in [9.17, 15) is 8.78 Å². The van der Waals surface area contributed by atoms with E-state index in [4.69, 9.17) is 5.73 Å². The molecular weight excluding hydrogens is 212 g/mol. The summed E-state index contributed by atoms with van der Waals surface area (Å²) < 4.78 is 28.8. The Morgan fingerprint density at radius 3 is 2.56 bits per heavy atom. The molecule has 1 aliphatic rings. The standard InChI is InChI=1S/C12H15F2NO/c1-8-3-4-9(12(15)5-2-6-12)7-10(8)16-11(13)14/h3-4,7,11H,2,5-6,15H2,1H3. The predicted octanol–water partition coefficient (Wildman–Crippen LogP) is 2.93. The molecule has 2 rings (SSSR count). The molecule has 1 aliphatic carbocycles. The number of benzene rings is 1. The second-order valence-corrected chi connectivity index (χ2v) is 4.37. The average Bonchev–Trinajstić information content (AvgIpc) is 2.17. The Balaban J connectivity index is 2.28. The minimum atomic E-state index is -2.79. The van der Waals surface area contributed by atoms with E-state index in [1.54, 1.807) is 19.1 Å². The number of halogens is 2. The van der Waals surface area contributed by atoms with Gasteiger partial charge >= 0.3 is 6.61 Å². The molecule has 1 aromatic rings. The third-order valence-electron chi connectivity index (χ3n) is 3.22. The first-order valence-electron chi connectivity index (χ1n) is 5.36. The van der Waals surface area contributed by atoms with Crippen LogP contribution in [0.25, 0.3) is 0 Å². The Morgan fingerprint density at radius 2 is 2.06 bits per heavy atom. The van der Waals surface area contributed by atoms with Crippen LogP contribution in [-0.2, 0) is 5.54 Å². The molecule has 1 saturated carbocycles. The molecule has 0 aromatic heterocycles. The van der Waals surface area contributed by atoms with Crippen LogP contribution in [0.15, 0.2) is 18.2 Å². The summed E-state index contributed by atoms with van der Waals surface area (Å²) in [5.41, 5.74) is 7.38. The molecular formula is C12H15F2NO. The van der Waals surface area contributed by atoms with Gasteiger partial charge in [-0.3, -0.25) is 0 Å². The minimum absolute atomic E-state index is 0.226. The molecule has 0 atom stereocenters. The Kier molecular flexibility index (Phi) is 2.84. The molecule has 0 spiro atoms. The molecule has 0 aliphatic heterocycles. The largest absolute Gasteiger partial charge is 0.435 e. The molecule has 0 unspecified atom stereocenters. The maximum atomic E-state index is 12.2. The first-order valence-corrected chi connectivity index (χ1v) is 5.36. The van der Waals surface area contributed by atoms with Gasteiger partial charge in [0.05, 0.1) is 0 Å². The van der Waals surface area contributed by atoms with Gasteiger partial charge < -0.3 is 10.5 Å². The topological polar surface area (TPSA) is 35.2 Å². The molecule has 16 heavy (non-hydrogen) atoms. The zero-order valence-electron chi connectivity index (χ0n) is 9.17. The third kappa shape index (κ3) is 2.02. The van der Waals surface area contributed by atoms with E-state index >= 15 is 0 Å². The SMILES string of the molecule is Cc1ccc(C2(N)CCC2)cc1OC(F)F. The van der Waals surface area contributed by atoms with E-state index < -0.39 is 6.61 Å². The van der Waals surface area contributed by atoms with Crippen LogP contribution < -0.4 is 10.5 Å². The molecule has 0 heterocycles. The lowest BCUT2D eigenvalue weighted by Crippen LogP contribution is -2.43. The number of alkyl halides is 2. The second-order valence-electron chi connectivity index (χ2n) is 4.37. The maximum Gasteiger partial charge on any atom is 0.387 e. The van der Waals surface area contributed by atoms with Gasteiger partial charge in [-0.25, -0.2) is 0 Å². The molecule has 4 heteroatoms. The fourth-order valence-corrected chi connectivity index (χ4v) is 1.98. The normalized spacial score (nSPS) is 18.3. The summed E-state index contributed by atoms with van der Waals surface area (Å²) >= 11 is 0. The lowest BCUT2D eigenvalue weighted by molar-refractivity contribution is -0.0504. The van der Waals surface area contributed by atoms with Gasteiger partial charge in [0, 0.05) is 5.54 Å². The zero-order chi connectivity index (χ0) is 11.8. The first kappa shape index (κ1) is 11.3. The Morgan fingerprint density at radius 1 is 1.38 bits per heavy atom. The van der Waals surface area contributed by atoms with Crippen molar-refractivity contribution in [2.24, 2.45) is 5.73 Å². The van der Waals surface area contributed by atoms with Crippen molar-refractivity contribution >= 4 is 0 Å². The number of hydrogen-bond donors (Lipinski definition) is 1. The van der Waals surface area contributed by atoms with Gasteiger partial charge in [0.15, 0.2) is 0 Å². The van der Waals surface area contributed by atoms with Crippen molar-refractivity contribution in [2.75, 3.05) is 0 Å². The van der Waals surface area contributed by atoms with Crippen molar-refractivity contribution < 1.29 is 13.5 Å². The van der Waals surface area contributed by atoms with Gasteiger partial charge in [-0.05, 0) is 43.4 Å². The number of hydrogen-bond acceptors (Lipinski definition) is 2. The molecule has 0 radical (unpaired) electrons. The van der Waals surface area contributed by atoms with Crippen molar-refractivity contribution in [2.45, 2.75) is 38.3 Å². The molecule has 88 valence electrons. The van der Waals surface area contributed by atoms with Crippen LogP contribution in [0.2, 0.25) is 0 Å². The van der Waals surface area contributed by atoms with Crippen LogP contribution in [0.3, 0.4) is 0 Å². The summed E-state index contributed by atoms with van der Waals surface area (Å²) in [5.74, 6) is 0.226. The van der Waals surface area contributed by atoms with Crippen LogP contribution in [-0.4, -0.2) is 6.61 Å². The fraction of sp³-hybridized carbons (Fsp3) is 0.500. The van der Waals surface area contributed by atoms with Crippen LogP contribution in [0.1, 0.15) is 30.4 Å². The lowest BCUT2D eigenvalue weighted by atomic mass is 9.72. The van der Waals surface area contributed by atoms with Crippen molar-refractivity contribution in [3.63, 3.8) is 0 Å². The van der Waals surface area contributed by atoms with Crippen LogP contribution >= 0.6 is 0 Å². The van der Waals surface area contributed by atoms with Crippen molar-refractivity contribution in [1.29, 1.82) is 0 Å². The predicted molar refractivity (Wildman–Crippen MR) is 57.5 cm³/mol. The summed E-state index contributed by atoms with van der Waals surface area (Å²) in [6.07, 6.45) is 2.91. The van der Waals surface area contributed by atoms with E-state index in [2.05, 4.69) is 4.74 Å². The molecule has 1 fully saturated rings. The quantitative estimate of drug-likeness (QED) is 0.861. The summed E-state index contributed by atoms with van der Waals surface area (Å²) in [5, 5.41) is 0. The molecule has 2 N–H and O–H groups in total. The number of ether oxygens (including phenoxy) is 1. The Bertz CT molecular complexity index is 389. The maximum absolute atomic E-state index is 12.2. The fourth-order valence-electron chi connectivity index (χ4n) is 1.98. The third-order valence-corrected chi connectivity index (χ3v) is 3.22. The Labute approximate surface area is 93.4 Å². The summed E-state index contributed by atoms with van der Waals surface area (Å²) in [6, 6.07) is 5.31. The monoisotopic (exact) mass is 227 g/mol. The lowest BCUT2D eigenvalue weighted by Gasteiger charge is -2.38. The van der Waals surface area contributed by atoms with Crippen LogP contribution in [0, 0.1) is 6.92 Å². The molecule has 0 saturated heterocycles. The number of rotatable bonds is 3. The van der Waals surface area contributed by atoms with E-state index in [0.29, 0.717) is 5.56 Å². The van der Waals surface area contributed by atoms with Crippen LogP contribution in [0.4, 0.5) is 8.78 Å². The second kappa shape index (κ2) is 4.01. The first-order chi connectivity index (χ1) is 7.51. The average molecular weight is 227 g/mol. The van der Waals surface area contributed by atoms with Gasteiger partial charge in [-0.2, -0.15) is 8.78 Å². The smallest absolute Gasteiger partial charge is 0.387 e. The highest BCUT2D eigenvalue weighted by atomic mass is 19.3. The van der Waals surface area contributed by atoms with Gasteiger partial charge in [0.1, 0.15) is 5.75 Å². The molecule has 2 nitrogen and oxygen atoms in total. The van der Waals surface area contributed by atoms with Crippen molar-refractivity contribution in [3.05, 3.63) is 29.3 Å². The van der Waals surface area contributed by atoms with Crippen LogP contribution in [0.5, 0.6) is 5.75 Å². The molecule has 1 aromatic carbocycles. The zero-order valence-corrected chi connectivity index (χ0v) is 9.17. The van der Waals surface area contributed by atoms with Gasteiger partial charge in [0.25, 0.3) is 0 Å². The Hall–Kier alpha value is -1.16. The van der Waals surface area contributed by atoms with E-state index in [1.807, 2.05) is 6.07 Å². The summed E-state index contributed by atoms with van der Waals surface area (Å²) in [6.45, 7) is -1.05. The number of aryl methyl sites for hydroxylation is 1. The van der Waals surface area contributed by atoms with Crippen molar-refractivity contribution in [1.82, 2.24) is 0 Å². The highest BCUT2D eigenvalue weighted by Gasteiger charge is 2.34. The van der Waals surface area contributed by atoms with Gasteiger partial charge in [0.2, 0.25) is 0 Å². The highest BCUT2D eigenvalue weighted by Crippen LogP contribution is 2.40. The van der Waals surface area contributed by atoms with E-state index in [1.165, 1.54) is 0 Å². The highest BCUT2D eigenvalue weighted by molar-refractivity contribution is 5.40. The summed E-state index contributed by atoms with van der Waals surface area (Å²) in [7, 11) is 0. The number of nitrogens with two attached hydrogens (primary N) is 1. The van der Waals surface area contributed by atoms with E-state index in [0.717, 1.165) is 24.8 Å². The molecule has 0 amide bonds. The van der Waals surface area contributed by atoms with Gasteiger partial charge in [-0.15, -0.1) is 0 Å². The van der Waals surface area contributed by atoms with Gasteiger partial charge in [-0.1, -0.05) is 12.1 Å². The van der Waals surface area contributed by atoms with Crippen molar-refractivity contribution in [3.8, 4) is 5.75 Å². The van der Waals surface area contributed by atoms with E-state index in [-0.39, 0.29) is 11.3 Å². The minimum Gasteiger partial charge on any atom is -0.435 e. The summed E-state index contributed by atoms with van der Waals surface area (Å²) in [4.78, 5) is 0. The molecule has 0 bridgehead atoms.